The fraction of sp³-hybridized carbons (Fsp3) is 0.571. The predicted octanol–water partition coefficient (Wildman–Crippen LogP) is 2.57. The number of rotatable bonds is 8. The van der Waals surface area contributed by atoms with Gasteiger partial charge in [-0.25, -0.2) is 8.42 Å². The van der Waals surface area contributed by atoms with Crippen LogP contribution in [0, 0.1) is 5.92 Å². The maximum Gasteiger partial charge on any atom is 0.148 e. The summed E-state index contributed by atoms with van der Waals surface area (Å²) in [5.41, 5.74) is 1.26. The van der Waals surface area contributed by atoms with E-state index in [0.29, 0.717) is 11.7 Å². The van der Waals surface area contributed by atoms with E-state index in [1.807, 2.05) is 0 Å². The Kier molecular flexibility index (Phi) is 6.89. The van der Waals surface area contributed by atoms with Gasteiger partial charge < -0.3 is 5.32 Å². The van der Waals surface area contributed by atoms with Gasteiger partial charge in [0, 0.05) is 23.4 Å². The van der Waals surface area contributed by atoms with Gasteiger partial charge in [0.2, 0.25) is 0 Å². The maximum atomic E-state index is 11.0. The Hall–Kier alpha value is -0.520. The fourth-order valence-corrected chi connectivity index (χ4v) is 3.63. The zero-order valence-electron chi connectivity index (χ0n) is 11.8. The van der Waals surface area contributed by atoms with Crippen molar-refractivity contribution in [2.45, 2.75) is 25.3 Å². The van der Waals surface area contributed by atoms with Crippen molar-refractivity contribution in [1.29, 1.82) is 0 Å². The molecule has 0 saturated heterocycles. The molecule has 0 unspecified atom stereocenters. The zero-order chi connectivity index (χ0) is 14.3. The van der Waals surface area contributed by atoms with Crippen molar-refractivity contribution in [3.05, 3.63) is 29.8 Å². The van der Waals surface area contributed by atoms with Gasteiger partial charge in [-0.15, -0.1) is 11.8 Å². The smallest absolute Gasteiger partial charge is 0.148 e. The van der Waals surface area contributed by atoms with Crippen LogP contribution < -0.4 is 5.32 Å². The molecule has 1 aromatic carbocycles. The van der Waals surface area contributed by atoms with Crippen LogP contribution in [-0.4, -0.2) is 32.7 Å². The van der Waals surface area contributed by atoms with Crippen LogP contribution in [0.3, 0.4) is 0 Å². The second kappa shape index (κ2) is 7.92. The lowest BCUT2D eigenvalue weighted by Gasteiger charge is -2.08. The Morgan fingerprint density at radius 2 is 1.84 bits per heavy atom. The number of hydrogen-bond acceptors (Lipinski definition) is 4. The van der Waals surface area contributed by atoms with Crippen LogP contribution in [0.25, 0.3) is 0 Å². The first-order chi connectivity index (χ1) is 8.87. The number of hydrogen-bond donors (Lipinski definition) is 1. The molecule has 3 nitrogen and oxygen atoms in total. The molecule has 1 rings (SSSR count). The van der Waals surface area contributed by atoms with Crippen molar-refractivity contribution < 1.29 is 8.42 Å². The number of thioether (sulfide) groups is 1. The topological polar surface area (TPSA) is 46.2 Å². The Morgan fingerprint density at radius 3 is 2.37 bits per heavy atom. The molecule has 1 N–H and O–H groups in total. The van der Waals surface area contributed by atoms with Crippen LogP contribution in [0.4, 0.5) is 0 Å². The van der Waals surface area contributed by atoms with E-state index in [9.17, 15) is 8.42 Å². The van der Waals surface area contributed by atoms with Gasteiger partial charge in [0.15, 0.2) is 0 Å². The first-order valence-electron chi connectivity index (χ1n) is 6.47. The van der Waals surface area contributed by atoms with E-state index in [2.05, 4.69) is 43.4 Å². The van der Waals surface area contributed by atoms with Crippen LogP contribution in [0.5, 0.6) is 0 Å². The molecule has 0 radical (unpaired) electrons. The van der Waals surface area contributed by atoms with Gasteiger partial charge in [0.25, 0.3) is 0 Å². The van der Waals surface area contributed by atoms with E-state index in [1.54, 1.807) is 11.8 Å². The SMILES string of the molecule is CC(C)CNCc1ccc(SCCS(C)(=O)=O)cc1. The molecule has 108 valence electrons. The molecule has 0 fully saturated rings. The molecule has 0 aliphatic carbocycles. The van der Waals surface area contributed by atoms with Crippen molar-refractivity contribution in [2.24, 2.45) is 5.92 Å². The van der Waals surface area contributed by atoms with E-state index >= 15 is 0 Å². The molecular weight excluding hydrogens is 278 g/mol. The monoisotopic (exact) mass is 301 g/mol. The molecule has 1 aromatic rings. The average molecular weight is 301 g/mol. The number of nitrogens with one attached hydrogen (secondary N) is 1. The third kappa shape index (κ3) is 8.29. The Balaban J connectivity index is 2.35. The molecule has 0 atom stereocenters. The van der Waals surface area contributed by atoms with Gasteiger partial charge in [-0.05, 0) is 30.2 Å². The highest BCUT2D eigenvalue weighted by molar-refractivity contribution is 8.00. The minimum absolute atomic E-state index is 0.232. The van der Waals surface area contributed by atoms with E-state index in [-0.39, 0.29) is 5.75 Å². The van der Waals surface area contributed by atoms with Crippen molar-refractivity contribution in [2.75, 3.05) is 24.3 Å². The summed E-state index contributed by atoms with van der Waals surface area (Å²) in [4.78, 5) is 1.12. The molecule has 0 saturated carbocycles. The highest BCUT2D eigenvalue weighted by atomic mass is 32.2. The summed E-state index contributed by atoms with van der Waals surface area (Å²) in [6.45, 7) is 6.28. The highest BCUT2D eigenvalue weighted by Gasteiger charge is 2.02. The fourth-order valence-electron chi connectivity index (χ4n) is 1.52. The molecule has 0 aromatic heterocycles. The quantitative estimate of drug-likeness (QED) is 0.750. The molecule has 0 heterocycles. The minimum Gasteiger partial charge on any atom is -0.312 e. The molecule has 19 heavy (non-hydrogen) atoms. The van der Waals surface area contributed by atoms with Crippen molar-refractivity contribution >= 4 is 21.6 Å². The Bertz CT molecular complexity index is 467. The van der Waals surface area contributed by atoms with Gasteiger partial charge in [-0.2, -0.15) is 0 Å². The van der Waals surface area contributed by atoms with Gasteiger partial charge in [0.05, 0.1) is 5.75 Å². The molecule has 0 amide bonds. The van der Waals surface area contributed by atoms with Gasteiger partial charge >= 0.3 is 0 Å². The maximum absolute atomic E-state index is 11.0. The summed E-state index contributed by atoms with van der Waals surface area (Å²) in [5, 5.41) is 3.40. The molecule has 0 aliphatic heterocycles. The summed E-state index contributed by atoms with van der Waals surface area (Å²) in [6.07, 6.45) is 1.27. The van der Waals surface area contributed by atoms with E-state index in [0.717, 1.165) is 18.0 Å². The second-order valence-corrected chi connectivity index (χ2v) is 8.58. The summed E-state index contributed by atoms with van der Waals surface area (Å²) < 4.78 is 22.1. The largest absolute Gasteiger partial charge is 0.312 e. The van der Waals surface area contributed by atoms with Crippen LogP contribution >= 0.6 is 11.8 Å². The first kappa shape index (κ1) is 16.5. The summed E-state index contributed by atoms with van der Waals surface area (Å²) in [6, 6.07) is 8.30. The lowest BCUT2D eigenvalue weighted by Crippen LogP contribution is -2.18. The van der Waals surface area contributed by atoms with Gasteiger partial charge in [-0.3, -0.25) is 0 Å². The molecule has 5 heteroatoms. The van der Waals surface area contributed by atoms with Gasteiger partial charge in [-0.1, -0.05) is 26.0 Å². The molecule has 0 aliphatic rings. The molecular formula is C14H23NO2S2. The standard InChI is InChI=1S/C14H23NO2S2/c1-12(2)10-15-11-13-4-6-14(7-5-13)18-8-9-19(3,16)17/h4-7,12,15H,8-11H2,1-3H3. The summed E-state index contributed by atoms with van der Waals surface area (Å²) >= 11 is 1.59. The van der Waals surface area contributed by atoms with E-state index < -0.39 is 9.84 Å². The molecule has 0 bridgehead atoms. The average Bonchev–Trinajstić information content (AvgIpc) is 2.29. The summed E-state index contributed by atoms with van der Waals surface area (Å²) in [5.74, 6) is 1.50. The Morgan fingerprint density at radius 1 is 1.21 bits per heavy atom. The van der Waals surface area contributed by atoms with Crippen LogP contribution in [0.2, 0.25) is 0 Å². The minimum atomic E-state index is -2.85. The lowest BCUT2D eigenvalue weighted by molar-refractivity contribution is 0.552. The second-order valence-electron chi connectivity index (χ2n) is 5.15. The summed E-state index contributed by atoms with van der Waals surface area (Å²) in [7, 11) is -2.85. The van der Waals surface area contributed by atoms with Crippen molar-refractivity contribution in [1.82, 2.24) is 5.32 Å². The number of sulfone groups is 1. The van der Waals surface area contributed by atoms with Crippen molar-refractivity contribution in [3.63, 3.8) is 0 Å². The zero-order valence-corrected chi connectivity index (χ0v) is 13.5. The first-order valence-corrected chi connectivity index (χ1v) is 9.51. The Labute approximate surface area is 121 Å². The van der Waals surface area contributed by atoms with E-state index in [4.69, 9.17) is 0 Å². The van der Waals surface area contributed by atoms with Gasteiger partial charge in [0.1, 0.15) is 9.84 Å². The predicted molar refractivity (Wildman–Crippen MR) is 83.4 cm³/mol. The van der Waals surface area contributed by atoms with Crippen LogP contribution in [0.1, 0.15) is 19.4 Å². The molecule has 0 spiro atoms. The van der Waals surface area contributed by atoms with Crippen molar-refractivity contribution in [3.8, 4) is 0 Å². The number of benzene rings is 1. The third-order valence-electron chi connectivity index (χ3n) is 2.53. The normalized spacial score (nSPS) is 12.0. The highest BCUT2D eigenvalue weighted by Crippen LogP contribution is 2.18. The van der Waals surface area contributed by atoms with Crippen LogP contribution in [0.15, 0.2) is 29.2 Å². The third-order valence-corrected chi connectivity index (χ3v) is 4.75. The van der Waals surface area contributed by atoms with E-state index in [1.165, 1.54) is 11.8 Å². The van der Waals surface area contributed by atoms with Crippen LogP contribution in [-0.2, 0) is 16.4 Å². The lowest BCUT2D eigenvalue weighted by atomic mass is 10.2.